The number of nitrogens with one attached hydrogen (secondary N) is 1. The van der Waals surface area contributed by atoms with Crippen LogP contribution in [-0.4, -0.2) is 45.6 Å². The monoisotopic (exact) mass is 340 g/mol. The molecule has 2 aromatic heterocycles. The van der Waals surface area contributed by atoms with Crippen molar-refractivity contribution in [3.05, 3.63) is 23.0 Å². The Labute approximate surface area is 146 Å². The first kappa shape index (κ1) is 15.3. The summed E-state index contributed by atoms with van der Waals surface area (Å²) in [6, 6.07) is 3.16. The first-order valence-corrected chi connectivity index (χ1v) is 9.28. The Morgan fingerprint density at radius 3 is 3.08 bits per heavy atom. The molecule has 6 heteroatoms. The lowest BCUT2D eigenvalue weighted by Gasteiger charge is -2.50. The van der Waals surface area contributed by atoms with E-state index >= 15 is 0 Å². The number of pyridine rings is 1. The summed E-state index contributed by atoms with van der Waals surface area (Å²) in [7, 11) is 0. The molecular formula is C19H24N4O2. The average molecular weight is 340 g/mol. The van der Waals surface area contributed by atoms with E-state index < -0.39 is 0 Å². The number of hydrogen-bond acceptors (Lipinski definition) is 5. The quantitative estimate of drug-likeness (QED) is 0.864. The number of nitrogens with zero attached hydrogens (tertiary/aromatic N) is 3. The van der Waals surface area contributed by atoms with E-state index in [-0.39, 0.29) is 11.3 Å². The molecule has 2 bridgehead atoms. The molecule has 1 aliphatic carbocycles. The van der Waals surface area contributed by atoms with E-state index in [1.807, 2.05) is 19.9 Å². The first-order chi connectivity index (χ1) is 12.0. The summed E-state index contributed by atoms with van der Waals surface area (Å²) in [5.41, 5.74) is 2.87. The van der Waals surface area contributed by atoms with E-state index in [2.05, 4.69) is 27.3 Å². The van der Waals surface area contributed by atoms with Crippen molar-refractivity contribution in [2.75, 3.05) is 6.54 Å². The molecule has 25 heavy (non-hydrogen) atoms. The minimum Gasteiger partial charge on any atom is -0.336 e. The van der Waals surface area contributed by atoms with Gasteiger partial charge in [0.05, 0.1) is 16.6 Å². The van der Waals surface area contributed by atoms with Gasteiger partial charge < -0.3 is 14.7 Å². The van der Waals surface area contributed by atoms with Crippen molar-refractivity contribution in [2.24, 2.45) is 5.41 Å². The van der Waals surface area contributed by atoms with E-state index in [1.54, 1.807) is 0 Å². The van der Waals surface area contributed by atoms with Gasteiger partial charge in [-0.1, -0.05) is 12.1 Å². The number of aryl methyl sites for hydroxylation is 2. The SMILES string of the molecule is Cc1cc(C(=O)N2C[C@@H]3C[C@@]4(C)[C@H](CCC[C@@H]24)N3)c2c(C)noc2n1. The fourth-order valence-electron chi connectivity index (χ4n) is 5.59. The second kappa shape index (κ2) is 5.04. The molecule has 0 spiro atoms. The number of likely N-dealkylation sites (tertiary alicyclic amines) is 1. The van der Waals surface area contributed by atoms with Gasteiger partial charge in [0.25, 0.3) is 11.6 Å². The van der Waals surface area contributed by atoms with Crippen LogP contribution in [0, 0.1) is 19.3 Å². The van der Waals surface area contributed by atoms with Gasteiger partial charge in [0, 0.05) is 35.8 Å². The van der Waals surface area contributed by atoms with Crippen LogP contribution in [-0.2, 0) is 0 Å². The molecule has 132 valence electrons. The number of hydrogen-bond donors (Lipinski definition) is 1. The topological polar surface area (TPSA) is 71.3 Å². The van der Waals surface area contributed by atoms with Crippen molar-refractivity contribution in [1.29, 1.82) is 0 Å². The van der Waals surface area contributed by atoms with Gasteiger partial charge in [0.15, 0.2) is 0 Å². The van der Waals surface area contributed by atoms with Crippen molar-refractivity contribution in [2.45, 2.75) is 64.6 Å². The van der Waals surface area contributed by atoms with E-state index in [0.717, 1.165) is 29.7 Å². The third-order valence-electron chi connectivity index (χ3n) is 6.68. The second-order valence-corrected chi connectivity index (χ2v) is 8.29. The Morgan fingerprint density at radius 2 is 2.24 bits per heavy atom. The van der Waals surface area contributed by atoms with E-state index in [0.29, 0.717) is 29.4 Å². The molecule has 4 atom stereocenters. The zero-order valence-corrected chi connectivity index (χ0v) is 15.0. The molecule has 4 heterocycles. The number of aromatic nitrogens is 2. The van der Waals surface area contributed by atoms with Gasteiger partial charge in [-0.25, -0.2) is 4.98 Å². The largest absolute Gasteiger partial charge is 0.336 e. The van der Waals surface area contributed by atoms with Gasteiger partial charge in [-0.05, 0) is 45.6 Å². The molecule has 0 radical (unpaired) electrons. The van der Waals surface area contributed by atoms with Crippen LogP contribution >= 0.6 is 0 Å². The predicted molar refractivity (Wildman–Crippen MR) is 93.4 cm³/mol. The highest BCUT2D eigenvalue weighted by atomic mass is 16.5. The zero-order valence-electron chi connectivity index (χ0n) is 15.0. The second-order valence-electron chi connectivity index (χ2n) is 8.29. The third-order valence-corrected chi connectivity index (χ3v) is 6.68. The average Bonchev–Trinajstić information content (AvgIpc) is 3.10. The standard InChI is InChI=1S/C19H24N4O2/c1-10-7-13(16-11(2)22-25-17(16)20-10)18(24)23-9-12-8-19(3)14(21-12)5-4-6-15(19)23/h7,12,14-15,21H,4-6,8-9H2,1-3H3/t12-,14-,15+,19-/m0/s1. The number of carbonyl (C=O) groups is 1. The summed E-state index contributed by atoms with van der Waals surface area (Å²) in [5.74, 6) is 0.104. The molecule has 3 fully saturated rings. The maximum absolute atomic E-state index is 13.6. The third kappa shape index (κ3) is 2.03. The summed E-state index contributed by atoms with van der Waals surface area (Å²) < 4.78 is 5.32. The molecule has 2 saturated heterocycles. The molecule has 1 amide bonds. The highest BCUT2D eigenvalue weighted by molar-refractivity contribution is 6.06. The molecule has 1 saturated carbocycles. The number of rotatable bonds is 1. The highest BCUT2D eigenvalue weighted by Crippen LogP contribution is 2.50. The lowest BCUT2D eigenvalue weighted by molar-refractivity contribution is 0.0132. The number of carbonyl (C=O) groups excluding carboxylic acids is 1. The van der Waals surface area contributed by atoms with E-state index in [4.69, 9.17) is 4.52 Å². The Morgan fingerprint density at radius 1 is 1.40 bits per heavy atom. The first-order valence-electron chi connectivity index (χ1n) is 9.28. The highest BCUT2D eigenvalue weighted by Gasteiger charge is 2.56. The fraction of sp³-hybridized carbons (Fsp3) is 0.632. The Kier molecular flexibility index (Phi) is 3.08. The zero-order chi connectivity index (χ0) is 17.3. The summed E-state index contributed by atoms with van der Waals surface area (Å²) in [6.45, 7) is 6.93. The van der Waals surface area contributed by atoms with Crippen LogP contribution in [0.5, 0.6) is 0 Å². The van der Waals surface area contributed by atoms with Crippen LogP contribution in [0.1, 0.15) is 54.4 Å². The molecule has 5 rings (SSSR count). The van der Waals surface area contributed by atoms with Crippen molar-refractivity contribution in [1.82, 2.24) is 20.4 Å². The van der Waals surface area contributed by atoms with Crippen LogP contribution in [0.3, 0.4) is 0 Å². The Hall–Kier alpha value is -1.95. The lowest BCUT2D eigenvalue weighted by Crippen LogP contribution is -2.57. The molecule has 0 aromatic carbocycles. The van der Waals surface area contributed by atoms with Crippen LogP contribution in [0.4, 0.5) is 0 Å². The van der Waals surface area contributed by atoms with Gasteiger partial charge in [-0.15, -0.1) is 0 Å². The van der Waals surface area contributed by atoms with Gasteiger partial charge in [-0.3, -0.25) is 4.79 Å². The van der Waals surface area contributed by atoms with Crippen LogP contribution in [0.15, 0.2) is 10.6 Å². The van der Waals surface area contributed by atoms with Crippen LogP contribution in [0.2, 0.25) is 0 Å². The lowest BCUT2D eigenvalue weighted by atomic mass is 9.66. The van der Waals surface area contributed by atoms with E-state index in [1.165, 1.54) is 19.3 Å². The van der Waals surface area contributed by atoms with Crippen molar-refractivity contribution in [3.8, 4) is 0 Å². The molecule has 3 aliphatic rings. The summed E-state index contributed by atoms with van der Waals surface area (Å²) in [5, 5.41) is 8.56. The van der Waals surface area contributed by atoms with Gasteiger partial charge >= 0.3 is 0 Å². The number of amides is 1. The maximum atomic E-state index is 13.6. The minimum atomic E-state index is 0.104. The molecule has 2 aliphatic heterocycles. The Bertz CT molecular complexity index is 876. The van der Waals surface area contributed by atoms with Crippen molar-refractivity contribution < 1.29 is 9.32 Å². The normalized spacial score (nSPS) is 33.9. The van der Waals surface area contributed by atoms with E-state index in [9.17, 15) is 4.79 Å². The number of fused-ring (bicyclic) bond motifs is 2. The smallest absolute Gasteiger partial charge is 0.258 e. The molecule has 2 aromatic rings. The van der Waals surface area contributed by atoms with Crippen LogP contribution < -0.4 is 5.32 Å². The maximum Gasteiger partial charge on any atom is 0.258 e. The molecule has 6 nitrogen and oxygen atoms in total. The Balaban J connectivity index is 1.60. The van der Waals surface area contributed by atoms with Gasteiger partial charge in [0.2, 0.25) is 0 Å². The van der Waals surface area contributed by atoms with Crippen molar-refractivity contribution >= 4 is 17.0 Å². The van der Waals surface area contributed by atoms with Crippen LogP contribution in [0.25, 0.3) is 11.1 Å². The van der Waals surface area contributed by atoms with Gasteiger partial charge in [0.1, 0.15) is 0 Å². The minimum absolute atomic E-state index is 0.104. The predicted octanol–water partition coefficient (Wildman–Crippen LogP) is 2.58. The summed E-state index contributed by atoms with van der Waals surface area (Å²) in [4.78, 5) is 20.1. The summed E-state index contributed by atoms with van der Waals surface area (Å²) in [6.07, 6.45) is 4.70. The van der Waals surface area contributed by atoms with Crippen molar-refractivity contribution in [3.63, 3.8) is 0 Å². The fourth-order valence-corrected chi connectivity index (χ4v) is 5.59. The molecule has 0 unspecified atom stereocenters. The van der Waals surface area contributed by atoms with Gasteiger partial charge in [-0.2, -0.15) is 0 Å². The summed E-state index contributed by atoms with van der Waals surface area (Å²) >= 11 is 0. The molecule has 1 N–H and O–H groups in total. The molecular weight excluding hydrogens is 316 g/mol. The number of piperidine rings is 1.